The van der Waals surface area contributed by atoms with E-state index in [2.05, 4.69) is 30.4 Å². The minimum Gasteiger partial charge on any atom is -0.493 e. The average molecular weight is 848 g/mol. The molecule has 7 rings (SSSR count). The Morgan fingerprint density at radius 2 is 1.75 bits per heavy atom. The minimum atomic E-state index is -1.33. The lowest BCUT2D eigenvalue weighted by Gasteiger charge is -2.32. The Bertz CT molecular complexity index is 2050. The summed E-state index contributed by atoms with van der Waals surface area (Å²) in [6.07, 6.45) is 3.80. The van der Waals surface area contributed by atoms with Crippen LogP contribution in [0.3, 0.4) is 0 Å². The largest absolute Gasteiger partial charge is 0.493 e. The number of nitrogens with zero attached hydrogens (tertiary/aromatic N) is 5. The Morgan fingerprint density at radius 1 is 1.02 bits per heavy atom. The normalized spacial score (nSPS) is 22.4. The van der Waals surface area contributed by atoms with Crippen molar-refractivity contribution in [2.75, 3.05) is 52.0 Å². The fraction of sp³-hybridized carbons (Fsp3) is 0.488. The number of aromatic nitrogens is 1. The summed E-state index contributed by atoms with van der Waals surface area (Å²) in [5.74, 6) is 1.69. The van der Waals surface area contributed by atoms with Gasteiger partial charge < -0.3 is 38.8 Å². The number of carbonyl (C=O) groups excluding carboxylic acids is 2. The zero-order valence-electron chi connectivity index (χ0n) is 34.2. The van der Waals surface area contributed by atoms with Gasteiger partial charge in [-0.25, -0.2) is 14.7 Å². The molecule has 0 spiro atoms. The van der Waals surface area contributed by atoms with Crippen LogP contribution in [0, 0.1) is 5.41 Å². The summed E-state index contributed by atoms with van der Waals surface area (Å²) in [7, 11) is 6.09. The molecule has 2 amide bonds. The van der Waals surface area contributed by atoms with Crippen molar-refractivity contribution in [3.8, 4) is 23.0 Å². The number of carbonyl (C=O) groups is 2. The van der Waals surface area contributed by atoms with Crippen molar-refractivity contribution in [2.45, 2.75) is 87.7 Å². The van der Waals surface area contributed by atoms with E-state index >= 15 is 0 Å². The summed E-state index contributed by atoms with van der Waals surface area (Å²) in [6, 6.07) is 11.8. The molecule has 2 aromatic carbocycles. The van der Waals surface area contributed by atoms with Gasteiger partial charge in [-0.3, -0.25) is 14.7 Å². The number of rotatable bonds is 15. The van der Waals surface area contributed by atoms with Gasteiger partial charge >= 0.3 is 6.09 Å². The Balaban J connectivity index is 0.978. The van der Waals surface area contributed by atoms with Gasteiger partial charge in [0.05, 0.1) is 56.5 Å². The van der Waals surface area contributed by atoms with Crippen LogP contribution in [0.25, 0.3) is 0 Å². The first-order chi connectivity index (χ1) is 28.4. The molecule has 0 aliphatic carbocycles. The Hall–Kier alpha value is -4.48. The zero-order valence-corrected chi connectivity index (χ0v) is 35.8. The second kappa shape index (κ2) is 18.4. The van der Waals surface area contributed by atoms with Gasteiger partial charge in [0.1, 0.15) is 17.9 Å². The second-order valence-electron chi connectivity index (χ2n) is 16.1. The molecule has 2 N–H and O–H groups in total. The van der Waals surface area contributed by atoms with Gasteiger partial charge in [0.15, 0.2) is 29.2 Å². The number of aliphatic hydroxyl groups is 2. The number of aliphatic imine (C=N–C) groups is 1. The summed E-state index contributed by atoms with van der Waals surface area (Å²) in [5, 5.41) is 24.2. The molecule has 2 fully saturated rings. The molecule has 14 nitrogen and oxygen atoms in total. The highest BCUT2D eigenvalue weighted by Crippen LogP contribution is 2.46. The van der Waals surface area contributed by atoms with Crippen LogP contribution in [0.1, 0.15) is 75.0 Å². The Kier molecular flexibility index (Phi) is 13.3. The van der Waals surface area contributed by atoms with Crippen LogP contribution in [-0.4, -0.2) is 114 Å². The highest BCUT2D eigenvalue weighted by molar-refractivity contribution is 8.76. The molecular formula is C43H53N5O9S2. The number of ether oxygens (including phenoxy) is 5. The molecular weight excluding hydrogens is 795 g/mol. The Labute approximate surface area is 353 Å². The maximum atomic E-state index is 13.9. The molecule has 1 unspecified atom stereocenters. The van der Waals surface area contributed by atoms with E-state index in [4.69, 9.17) is 23.7 Å². The first-order valence-electron chi connectivity index (χ1n) is 19.9. The van der Waals surface area contributed by atoms with E-state index in [9.17, 15) is 19.8 Å². The standard InChI is InChI=1S/C43H53N5O9S2/c1-26-16-33-41(51)48(42(52)57-24-27(2)58-59-38-12-8-9-13-44-38)32-20-37(35(54-6)18-30(32)40(50)46(33)23-26)56-15-11-7-10-14-55-36-19-31-29(17-34(36)53-5)39(49)47-25-43(3,4)21-28(47)22-45-31/h8-9,12-13,17-20,22,27-28,33,40-41,50-51H,1,7,10-11,14-16,21,23-25H2,2-6H3/t27-,28+,33+,40?,41+/m1/s1. The molecule has 0 bridgehead atoms. The van der Waals surface area contributed by atoms with Gasteiger partial charge in [-0.1, -0.05) is 42.9 Å². The van der Waals surface area contributed by atoms with E-state index in [1.54, 1.807) is 42.5 Å². The third-order valence-corrected chi connectivity index (χ3v) is 13.7. The zero-order chi connectivity index (χ0) is 41.8. The van der Waals surface area contributed by atoms with Crippen LogP contribution < -0.4 is 23.8 Å². The van der Waals surface area contributed by atoms with E-state index in [0.717, 1.165) is 29.9 Å². The van der Waals surface area contributed by atoms with Crippen LogP contribution in [-0.2, 0) is 4.74 Å². The second-order valence-corrected chi connectivity index (χ2v) is 18.7. The monoisotopic (exact) mass is 847 g/mol. The van der Waals surface area contributed by atoms with Gasteiger partial charge in [-0.15, -0.1) is 0 Å². The third kappa shape index (κ3) is 9.46. The van der Waals surface area contributed by atoms with Crippen LogP contribution >= 0.6 is 21.6 Å². The van der Waals surface area contributed by atoms with Crippen LogP contribution in [0.4, 0.5) is 16.2 Å². The van der Waals surface area contributed by atoms with Gasteiger partial charge in [-0.05, 0) is 79.5 Å². The lowest BCUT2D eigenvalue weighted by molar-refractivity contribution is -0.0362. The molecule has 5 heterocycles. The topological polar surface area (TPSA) is 156 Å². The number of pyridine rings is 1. The molecule has 1 aromatic heterocycles. The van der Waals surface area contributed by atoms with Gasteiger partial charge in [-0.2, -0.15) is 0 Å². The first kappa shape index (κ1) is 42.6. The van der Waals surface area contributed by atoms with Crippen molar-refractivity contribution in [1.82, 2.24) is 14.8 Å². The highest BCUT2D eigenvalue weighted by atomic mass is 33.1. The van der Waals surface area contributed by atoms with Crippen LogP contribution in [0.2, 0.25) is 0 Å². The number of unbranched alkanes of at least 4 members (excludes halogenated alkanes) is 2. The maximum absolute atomic E-state index is 13.9. The predicted molar refractivity (Wildman–Crippen MR) is 228 cm³/mol. The van der Waals surface area contributed by atoms with Crippen LogP contribution in [0.5, 0.6) is 23.0 Å². The molecule has 0 saturated carbocycles. The summed E-state index contributed by atoms with van der Waals surface area (Å²) in [6.45, 7) is 12.2. The molecule has 59 heavy (non-hydrogen) atoms. The van der Waals surface area contributed by atoms with Crippen molar-refractivity contribution in [3.63, 3.8) is 0 Å². The molecule has 4 aliphatic heterocycles. The van der Waals surface area contributed by atoms with E-state index < -0.39 is 24.6 Å². The number of hydrogen-bond acceptors (Lipinski definition) is 14. The molecule has 2 saturated heterocycles. The van der Waals surface area contributed by atoms with E-state index in [0.29, 0.717) is 79.0 Å². The molecule has 16 heteroatoms. The third-order valence-electron chi connectivity index (χ3n) is 10.9. The summed E-state index contributed by atoms with van der Waals surface area (Å²) in [5.41, 5.74) is 2.60. The van der Waals surface area contributed by atoms with E-state index in [1.807, 2.05) is 36.2 Å². The fourth-order valence-corrected chi connectivity index (χ4v) is 9.88. The predicted octanol–water partition coefficient (Wildman–Crippen LogP) is 7.41. The SMILES string of the molecule is C=C1C[C@H]2[C@H](O)N(C(=O)OC[C@@H](C)SSc3ccccn3)c3cc(OCCCCCOc4cc5c(cc4OC)C(=O)N4CC(C)(C)C[C@H]4C=N5)c(OC)cc3C(O)N2C1. The van der Waals surface area contributed by atoms with Crippen molar-refractivity contribution in [1.29, 1.82) is 0 Å². The minimum absolute atomic E-state index is 0.0337. The molecule has 3 aromatic rings. The van der Waals surface area contributed by atoms with E-state index in [-0.39, 0.29) is 34.9 Å². The van der Waals surface area contributed by atoms with Crippen molar-refractivity contribution in [3.05, 3.63) is 71.9 Å². The van der Waals surface area contributed by atoms with Crippen molar-refractivity contribution >= 4 is 51.2 Å². The molecule has 5 atom stereocenters. The summed E-state index contributed by atoms with van der Waals surface area (Å²) in [4.78, 5) is 41.2. The number of fused-ring (bicyclic) bond motifs is 4. The number of methoxy groups -OCH3 is 2. The molecule has 4 aliphatic rings. The van der Waals surface area contributed by atoms with Gasteiger partial charge in [0.2, 0.25) is 0 Å². The van der Waals surface area contributed by atoms with E-state index in [1.165, 1.54) is 33.6 Å². The number of anilines is 1. The average Bonchev–Trinajstić information content (AvgIpc) is 3.73. The quantitative estimate of drug-likeness (QED) is 0.0887. The summed E-state index contributed by atoms with van der Waals surface area (Å²) < 4.78 is 29.5. The highest BCUT2D eigenvalue weighted by Gasteiger charge is 2.47. The Morgan fingerprint density at radius 3 is 2.46 bits per heavy atom. The smallest absolute Gasteiger partial charge is 0.416 e. The number of amides is 2. The number of hydrogen-bond donors (Lipinski definition) is 2. The molecule has 0 radical (unpaired) electrons. The van der Waals surface area contributed by atoms with Gasteiger partial charge in [0, 0.05) is 48.4 Å². The number of benzene rings is 2. The fourth-order valence-electron chi connectivity index (χ4n) is 8.00. The summed E-state index contributed by atoms with van der Waals surface area (Å²) >= 11 is 0. The first-order valence-corrected chi connectivity index (χ1v) is 22.1. The maximum Gasteiger partial charge on any atom is 0.416 e. The van der Waals surface area contributed by atoms with Crippen LogP contribution in [0.15, 0.2) is 70.8 Å². The number of aliphatic hydroxyl groups excluding tert-OH is 2. The lowest BCUT2D eigenvalue weighted by Crippen LogP contribution is -2.50. The lowest BCUT2D eigenvalue weighted by atomic mass is 9.91. The van der Waals surface area contributed by atoms with Gasteiger partial charge in [0.25, 0.3) is 5.91 Å². The van der Waals surface area contributed by atoms with Crippen molar-refractivity contribution in [2.24, 2.45) is 10.4 Å². The molecule has 316 valence electrons. The van der Waals surface area contributed by atoms with Crippen molar-refractivity contribution < 1.29 is 43.5 Å².